The average molecular weight is 149 g/mol. The van der Waals surface area contributed by atoms with E-state index in [0.717, 1.165) is 12.8 Å². The first-order valence-electron chi connectivity index (χ1n) is 4.06. The van der Waals surface area contributed by atoms with Gasteiger partial charge in [0.1, 0.15) is 0 Å². The molecule has 0 saturated heterocycles. The zero-order chi connectivity index (χ0) is 8.10. The Kier molecular flexibility index (Phi) is 3.12. The van der Waals surface area contributed by atoms with Crippen molar-refractivity contribution < 1.29 is 0 Å². The summed E-state index contributed by atoms with van der Waals surface area (Å²) in [7, 11) is 0. The molecule has 60 valence electrons. The van der Waals surface area contributed by atoms with Crippen molar-refractivity contribution in [1.29, 1.82) is 0 Å². The minimum absolute atomic E-state index is 0.698. The van der Waals surface area contributed by atoms with Crippen LogP contribution >= 0.6 is 0 Å². The molecular formula is C10H15N. The molecule has 0 saturated carbocycles. The van der Waals surface area contributed by atoms with E-state index in [1.807, 2.05) is 0 Å². The fourth-order valence-corrected chi connectivity index (χ4v) is 1.21. The molecule has 1 nitrogen and oxygen atoms in total. The highest BCUT2D eigenvalue weighted by Crippen LogP contribution is 2.13. The van der Waals surface area contributed by atoms with Gasteiger partial charge in [0.05, 0.1) is 0 Å². The van der Waals surface area contributed by atoms with Crippen LogP contribution in [0.1, 0.15) is 19.8 Å². The van der Waals surface area contributed by atoms with Crippen molar-refractivity contribution in [3.8, 4) is 0 Å². The second-order valence-electron chi connectivity index (χ2n) is 2.82. The zero-order valence-electron chi connectivity index (χ0n) is 7.01. The lowest BCUT2D eigenvalue weighted by Crippen LogP contribution is -2.05. The van der Waals surface area contributed by atoms with Crippen LogP contribution in [0.2, 0.25) is 0 Å². The van der Waals surface area contributed by atoms with Gasteiger partial charge < -0.3 is 5.73 Å². The van der Waals surface area contributed by atoms with Crippen LogP contribution in [-0.2, 0) is 0 Å². The number of hydrogen-bond acceptors (Lipinski definition) is 1. The van der Waals surface area contributed by atoms with Crippen molar-refractivity contribution in [2.45, 2.75) is 19.8 Å². The molecule has 1 heteroatoms. The van der Waals surface area contributed by atoms with Gasteiger partial charge in [-0.05, 0) is 19.8 Å². The van der Waals surface area contributed by atoms with Crippen molar-refractivity contribution in [1.82, 2.24) is 0 Å². The average Bonchev–Trinajstić information content (AvgIpc) is 1.98. The number of allylic oxidation sites excluding steroid dienone is 5. The van der Waals surface area contributed by atoms with Crippen molar-refractivity contribution in [3.05, 3.63) is 35.5 Å². The van der Waals surface area contributed by atoms with E-state index in [-0.39, 0.29) is 0 Å². The van der Waals surface area contributed by atoms with Crippen molar-refractivity contribution in [2.75, 3.05) is 6.54 Å². The van der Waals surface area contributed by atoms with Gasteiger partial charge in [-0.25, -0.2) is 0 Å². The van der Waals surface area contributed by atoms with Gasteiger partial charge in [0, 0.05) is 6.54 Å². The minimum atomic E-state index is 0.698. The van der Waals surface area contributed by atoms with Crippen molar-refractivity contribution in [3.63, 3.8) is 0 Å². The summed E-state index contributed by atoms with van der Waals surface area (Å²) >= 11 is 0. The van der Waals surface area contributed by atoms with Gasteiger partial charge in [-0.3, -0.25) is 0 Å². The summed E-state index contributed by atoms with van der Waals surface area (Å²) in [5, 5.41) is 0. The minimum Gasteiger partial charge on any atom is -0.327 e. The van der Waals surface area contributed by atoms with Crippen LogP contribution in [0.4, 0.5) is 0 Å². The fraction of sp³-hybridized carbons (Fsp3) is 0.400. The molecule has 11 heavy (non-hydrogen) atoms. The molecule has 1 aliphatic rings. The van der Waals surface area contributed by atoms with Crippen LogP contribution in [0.3, 0.4) is 0 Å². The van der Waals surface area contributed by atoms with Crippen LogP contribution in [0.15, 0.2) is 35.5 Å². The molecule has 0 unspecified atom stereocenters. The van der Waals surface area contributed by atoms with E-state index in [2.05, 4.69) is 31.2 Å². The molecule has 0 aromatic carbocycles. The molecule has 0 aromatic heterocycles. The lowest BCUT2D eigenvalue weighted by atomic mass is 10.0. The van der Waals surface area contributed by atoms with E-state index in [9.17, 15) is 0 Å². The normalized spacial score (nSPS) is 27.8. The smallest absolute Gasteiger partial charge is 0.0142 e. The first kappa shape index (κ1) is 8.28. The lowest BCUT2D eigenvalue weighted by molar-refractivity contribution is 0.912. The highest BCUT2D eigenvalue weighted by Gasteiger charge is 1.97. The van der Waals surface area contributed by atoms with Gasteiger partial charge in [-0.2, -0.15) is 0 Å². The third kappa shape index (κ3) is 2.35. The van der Waals surface area contributed by atoms with E-state index in [4.69, 9.17) is 5.73 Å². The first-order chi connectivity index (χ1) is 5.34. The maximum atomic E-state index is 5.60. The second-order valence-corrected chi connectivity index (χ2v) is 2.82. The number of nitrogens with two attached hydrogens (primary N) is 1. The number of hydrogen-bond donors (Lipinski definition) is 1. The summed E-state index contributed by atoms with van der Waals surface area (Å²) in [6, 6.07) is 0. The van der Waals surface area contributed by atoms with Gasteiger partial charge in [0.15, 0.2) is 0 Å². The molecule has 0 spiro atoms. The van der Waals surface area contributed by atoms with Gasteiger partial charge in [0.25, 0.3) is 0 Å². The Morgan fingerprint density at radius 3 is 3.00 bits per heavy atom. The van der Waals surface area contributed by atoms with E-state index < -0.39 is 0 Å². The largest absolute Gasteiger partial charge is 0.327 e. The Balaban J connectivity index is 2.79. The van der Waals surface area contributed by atoms with Crippen LogP contribution in [0.25, 0.3) is 0 Å². The predicted octanol–water partition coefficient (Wildman–Crippen LogP) is 2.17. The third-order valence-corrected chi connectivity index (χ3v) is 2.01. The lowest BCUT2D eigenvalue weighted by Gasteiger charge is -2.06. The molecule has 0 aromatic rings. The number of rotatable bonds is 1. The second kappa shape index (κ2) is 4.14. The summed E-state index contributed by atoms with van der Waals surface area (Å²) in [5.41, 5.74) is 8.31. The van der Waals surface area contributed by atoms with Gasteiger partial charge >= 0.3 is 0 Å². The molecule has 0 atom stereocenters. The maximum absolute atomic E-state index is 5.60. The highest BCUT2D eigenvalue weighted by molar-refractivity contribution is 5.28. The van der Waals surface area contributed by atoms with Crippen LogP contribution < -0.4 is 5.73 Å². The molecule has 0 aliphatic heterocycles. The van der Waals surface area contributed by atoms with E-state index in [0.29, 0.717) is 6.54 Å². The Bertz CT molecular complexity index is 209. The topological polar surface area (TPSA) is 26.0 Å². The summed E-state index contributed by atoms with van der Waals surface area (Å²) in [5.74, 6) is 0. The predicted molar refractivity (Wildman–Crippen MR) is 49.3 cm³/mol. The molecular weight excluding hydrogens is 134 g/mol. The zero-order valence-corrected chi connectivity index (χ0v) is 7.01. The van der Waals surface area contributed by atoms with Crippen LogP contribution in [0, 0.1) is 0 Å². The standard InChI is InChI=1S/C10H15N/c1-9-6-4-2-3-5-7-10(9)8-11/h2-4,6H,5,7-8,11H2,1H3/b3-2?,6-4-,10-9+. The van der Waals surface area contributed by atoms with Gasteiger partial charge in [-0.1, -0.05) is 35.5 Å². The van der Waals surface area contributed by atoms with Gasteiger partial charge in [-0.15, -0.1) is 0 Å². The fourth-order valence-electron chi connectivity index (χ4n) is 1.21. The molecule has 2 N–H and O–H groups in total. The SMILES string of the molecule is CC1=C(\CN)CCC=C/C=C\1. The van der Waals surface area contributed by atoms with E-state index in [1.165, 1.54) is 11.1 Å². The van der Waals surface area contributed by atoms with E-state index in [1.54, 1.807) is 0 Å². The quantitative estimate of drug-likeness (QED) is 0.607. The maximum Gasteiger partial charge on any atom is 0.0142 e. The highest BCUT2D eigenvalue weighted by atomic mass is 14.5. The summed E-state index contributed by atoms with van der Waals surface area (Å²) in [6.45, 7) is 2.82. The van der Waals surface area contributed by atoms with Crippen molar-refractivity contribution >= 4 is 0 Å². The Labute approximate surface area is 68.3 Å². The van der Waals surface area contributed by atoms with E-state index >= 15 is 0 Å². The monoisotopic (exact) mass is 149 g/mol. The van der Waals surface area contributed by atoms with Crippen molar-refractivity contribution in [2.24, 2.45) is 5.73 Å². The first-order valence-corrected chi connectivity index (χ1v) is 4.06. The third-order valence-electron chi connectivity index (χ3n) is 2.01. The summed E-state index contributed by atoms with van der Waals surface area (Å²) in [4.78, 5) is 0. The molecule has 0 amide bonds. The van der Waals surface area contributed by atoms with Crippen LogP contribution in [0.5, 0.6) is 0 Å². The molecule has 0 heterocycles. The summed E-state index contributed by atoms with van der Waals surface area (Å²) < 4.78 is 0. The molecule has 0 fully saturated rings. The molecule has 0 bridgehead atoms. The summed E-state index contributed by atoms with van der Waals surface area (Å²) in [6.07, 6.45) is 10.7. The Morgan fingerprint density at radius 2 is 2.27 bits per heavy atom. The molecule has 1 aliphatic carbocycles. The van der Waals surface area contributed by atoms with Gasteiger partial charge in [0.2, 0.25) is 0 Å². The molecule has 0 radical (unpaired) electrons. The van der Waals surface area contributed by atoms with Crippen LogP contribution in [-0.4, -0.2) is 6.54 Å². The Hall–Kier alpha value is -0.820. The Morgan fingerprint density at radius 1 is 1.45 bits per heavy atom. The molecule has 1 rings (SSSR count).